The fourth-order valence-corrected chi connectivity index (χ4v) is 4.62. The summed E-state index contributed by atoms with van der Waals surface area (Å²) in [4.78, 5) is 8.99. The van der Waals surface area contributed by atoms with Crippen molar-refractivity contribution in [3.8, 4) is 22.6 Å². The molecule has 0 fully saturated rings. The van der Waals surface area contributed by atoms with E-state index in [9.17, 15) is 10.2 Å². The third kappa shape index (κ3) is 5.85. The Kier molecular flexibility index (Phi) is 7.91. The number of phenols is 2. The predicted molar refractivity (Wildman–Crippen MR) is 152 cm³/mol. The molecule has 36 heavy (non-hydrogen) atoms. The molecule has 8 heteroatoms. The zero-order valence-corrected chi connectivity index (χ0v) is 22.3. The lowest BCUT2D eigenvalue weighted by atomic mass is 10.00. The Morgan fingerprint density at radius 3 is 1.33 bits per heavy atom. The van der Waals surface area contributed by atoms with Gasteiger partial charge in [0.2, 0.25) is 0 Å². The van der Waals surface area contributed by atoms with Gasteiger partial charge in [-0.3, -0.25) is 9.98 Å². The first-order chi connectivity index (χ1) is 17.1. The van der Waals surface area contributed by atoms with E-state index in [-0.39, 0.29) is 21.5 Å². The monoisotopic (exact) mass is 556 g/mol. The Morgan fingerprint density at radius 1 is 0.583 bits per heavy atom. The zero-order chi connectivity index (χ0) is 26.0. The van der Waals surface area contributed by atoms with Gasteiger partial charge in [0.25, 0.3) is 0 Å². The van der Waals surface area contributed by atoms with E-state index in [0.29, 0.717) is 21.2 Å². The predicted octanol–water partition coefficient (Wildman–Crippen LogP) is 9.50. The highest BCUT2D eigenvalue weighted by Crippen LogP contribution is 2.33. The van der Waals surface area contributed by atoms with E-state index in [2.05, 4.69) is 9.98 Å². The fourth-order valence-electron chi connectivity index (χ4n) is 3.61. The topological polar surface area (TPSA) is 65.2 Å². The summed E-state index contributed by atoms with van der Waals surface area (Å²) >= 11 is 24.0. The van der Waals surface area contributed by atoms with Crippen molar-refractivity contribution in [1.29, 1.82) is 0 Å². The molecule has 0 amide bonds. The molecule has 0 unspecified atom stereocenters. The second-order valence-electron chi connectivity index (χ2n) is 8.17. The van der Waals surface area contributed by atoms with Gasteiger partial charge < -0.3 is 10.2 Å². The highest BCUT2D eigenvalue weighted by atomic mass is 35.5. The van der Waals surface area contributed by atoms with Crippen molar-refractivity contribution in [3.05, 3.63) is 103 Å². The number of aryl methyl sites for hydroxylation is 2. The van der Waals surface area contributed by atoms with Gasteiger partial charge in [-0.1, -0.05) is 58.5 Å². The largest absolute Gasteiger partial charge is 0.506 e. The third-order valence-corrected chi connectivity index (χ3v) is 6.54. The average Bonchev–Trinajstić information content (AvgIpc) is 2.83. The number of hydrogen-bond donors (Lipinski definition) is 2. The molecule has 0 aliphatic carbocycles. The number of hydrogen-bond acceptors (Lipinski definition) is 4. The molecular formula is C28H20Cl4N2O2. The summed E-state index contributed by atoms with van der Waals surface area (Å²) in [5, 5.41) is 21.5. The number of aromatic hydroxyl groups is 2. The fraction of sp³-hybridized carbons (Fsp3) is 0.0714. The van der Waals surface area contributed by atoms with E-state index < -0.39 is 0 Å². The highest BCUT2D eigenvalue weighted by molar-refractivity contribution is 6.36. The van der Waals surface area contributed by atoms with Crippen molar-refractivity contribution < 1.29 is 10.2 Å². The van der Waals surface area contributed by atoms with E-state index in [1.165, 1.54) is 24.6 Å². The summed E-state index contributed by atoms with van der Waals surface area (Å²) in [5.41, 5.74) is 6.37. The summed E-state index contributed by atoms with van der Waals surface area (Å²) in [6.45, 7) is 3.93. The molecule has 0 spiro atoms. The molecule has 4 aromatic carbocycles. The van der Waals surface area contributed by atoms with Gasteiger partial charge in [0, 0.05) is 33.6 Å². The van der Waals surface area contributed by atoms with Crippen LogP contribution in [0.25, 0.3) is 11.1 Å². The van der Waals surface area contributed by atoms with E-state index in [1.807, 2.05) is 50.2 Å². The Balaban J connectivity index is 1.57. The number of benzene rings is 4. The molecule has 0 saturated carbocycles. The standard InChI is InChI=1S/C28H20Cl4N2O2/c1-15-7-17(3-5-25(15)33-13-19-9-21(29)11-23(31)27(19)35)18-4-6-26(16(2)8-18)34-14-20-10-22(30)12-24(32)28(20)36/h3-14,35-36H,1-2H3. The van der Waals surface area contributed by atoms with Crippen molar-refractivity contribution in [3.63, 3.8) is 0 Å². The van der Waals surface area contributed by atoms with Crippen LogP contribution in [0.2, 0.25) is 20.1 Å². The molecule has 4 rings (SSSR count). The quantitative estimate of drug-likeness (QED) is 0.240. The van der Waals surface area contributed by atoms with Gasteiger partial charge >= 0.3 is 0 Å². The van der Waals surface area contributed by atoms with Crippen LogP contribution < -0.4 is 0 Å². The van der Waals surface area contributed by atoms with Gasteiger partial charge in [-0.2, -0.15) is 0 Å². The maximum atomic E-state index is 10.1. The van der Waals surface area contributed by atoms with Crippen LogP contribution in [-0.2, 0) is 0 Å². The lowest BCUT2D eigenvalue weighted by Gasteiger charge is -2.09. The van der Waals surface area contributed by atoms with Crippen LogP contribution in [0.3, 0.4) is 0 Å². The number of aliphatic imine (C=N–C) groups is 2. The van der Waals surface area contributed by atoms with Crippen molar-refractivity contribution in [2.24, 2.45) is 9.98 Å². The summed E-state index contributed by atoms with van der Waals surface area (Å²) in [7, 11) is 0. The smallest absolute Gasteiger partial charge is 0.143 e. The Morgan fingerprint density at radius 2 is 0.972 bits per heavy atom. The molecule has 0 heterocycles. The van der Waals surface area contributed by atoms with Gasteiger partial charge in [0.15, 0.2) is 0 Å². The molecule has 0 radical (unpaired) electrons. The third-order valence-electron chi connectivity index (χ3n) is 5.53. The van der Waals surface area contributed by atoms with Crippen LogP contribution in [0.15, 0.2) is 70.6 Å². The molecule has 0 saturated heterocycles. The minimum absolute atomic E-state index is 0.0639. The summed E-state index contributed by atoms with van der Waals surface area (Å²) in [6, 6.07) is 18.0. The summed E-state index contributed by atoms with van der Waals surface area (Å²) < 4.78 is 0. The molecule has 4 aromatic rings. The first-order valence-electron chi connectivity index (χ1n) is 10.8. The molecule has 2 N–H and O–H groups in total. The van der Waals surface area contributed by atoms with Crippen molar-refractivity contribution in [1.82, 2.24) is 0 Å². The normalized spacial score (nSPS) is 11.6. The molecule has 4 nitrogen and oxygen atoms in total. The summed E-state index contributed by atoms with van der Waals surface area (Å²) in [6.07, 6.45) is 3.08. The number of nitrogens with zero attached hydrogens (tertiary/aromatic N) is 2. The van der Waals surface area contributed by atoms with Gasteiger partial charge in [-0.25, -0.2) is 0 Å². The molecular weight excluding hydrogens is 538 g/mol. The molecule has 182 valence electrons. The summed E-state index contributed by atoms with van der Waals surface area (Å²) in [5.74, 6) is -0.128. The molecule has 0 aliphatic heterocycles. The van der Waals surface area contributed by atoms with E-state index in [4.69, 9.17) is 46.4 Å². The van der Waals surface area contributed by atoms with Crippen LogP contribution in [0, 0.1) is 13.8 Å². The van der Waals surface area contributed by atoms with Crippen molar-refractivity contribution in [2.45, 2.75) is 13.8 Å². The molecule has 0 aromatic heterocycles. The van der Waals surface area contributed by atoms with Gasteiger partial charge in [0.05, 0.1) is 21.4 Å². The lowest BCUT2D eigenvalue weighted by Crippen LogP contribution is -1.87. The Bertz CT molecular complexity index is 1420. The number of halogens is 4. The minimum Gasteiger partial charge on any atom is -0.506 e. The second kappa shape index (κ2) is 10.9. The zero-order valence-electron chi connectivity index (χ0n) is 19.2. The van der Waals surface area contributed by atoms with Crippen molar-refractivity contribution >= 4 is 70.2 Å². The van der Waals surface area contributed by atoms with Crippen LogP contribution >= 0.6 is 46.4 Å². The van der Waals surface area contributed by atoms with Gasteiger partial charge in [0.1, 0.15) is 11.5 Å². The number of rotatable bonds is 5. The van der Waals surface area contributed by atoms with Gasteiger partial charge in [-0.15, -0.1) is 0 Å². The Labute approximate surface area is 229 Å². The maximum absolute atomic E-state index is 10.1. The molecule has 0 bridgehead atoms. The Hall–Kier alpha value is -3.02. The highest BCUT2D eigenvalue weighted by Gasteiger charge is 2.09. The van der Waals surface area contributed by atoms with Crippen LogP contribution in [0.1, 0.15) is 22.3 Å². The maximum Gasteiger partial charge on any atom is 0.143 e. The first-order valence-corrected chi connectivity index (χ1v) is 12.3. The lowest BCUT2D eigenvalue weighted by molar-refractivity contribution is 0.474. The van der Waals surface area contributed by atoms with Gasteiger partial charge in [-0.05, 0) is 84.6 Å². The van der Waals surface area contributed by atoms with E-state index >= 15 is 0 Å². The second-order valence-corrected chi connectivity index (χ2v) is 9.86. The number of phenolic OH excluding ortho intramolecular Hbond substituents is 2. The van der Waals surface area contributed by atoms with Crippen molar-refractivity contribution in [2.75, 3.05) is 0 Å². The minimum atomic E-state index is -0.0639. The first kappa shape index (κ1) is 26.1. The van der Waals surface area contributed by atoms with E-state index in [0.717, 1.165) is 33.6 Å². The van der Waals surface area contributed by atoms with E-state index in [1.54, 1.807) is 12.1 Å². The average molecular weight is 558 g/mol. The van der Waals surface area contributed by atoms with Crippen LogP contribution in [0.5, 0.6) is 11.5 Å². The van der Waals surface area contributed by atoms with Crippen LogP contribution in [0.4, 0.5) is 11.4 Å². The SMILES string of the molecule is Cc1cc(-c2ccc(N=Cc3cc(Cl)cc(Cl)c3O)c(C)c2)ccc1N=Cc1cc(Cl)cc(Cl)c1O. The molecule has 0 atom stereocenters. The van der Waals surface area contributed by atoms with Crippen LogP contribution in [-0.4, -0.2) is 22.6 Å². The molecule has 0 aliphatic rings.